The molecule has 0 amide bonds. The van der Waals surface area contributed by atoms with Crippen molar-refractivity contribution in [1.29, 1.82) is 0 Å². The molecule has 28 heavy (non-hydrogen) atoms. The van der Waals surface area contributed by atoms with Gasteiger partial charge >= 0.3 is 0 Å². The zero-order chi connectivity index (χ0) is 19.5. The third-order valence-corrected chi connectivity index (χ3v) is 6.01. The van der Waals surface area contributed by atoms with Gasteiger partial charge in [0.25, 0.3) is 5.56 Å². The number of thioether (sulfide) groups is 1. The molecule has 0 bridgehead atoms. The molecule has 1 N–H and O–H groups in total. The Labute approximate surface area is 171 Å². The second kappa shape index (κ2) is 8.16. The standard InChI is InChI=1S/C21H20N4OS2/c1-14(2)25-19(26)17-10-6-7-11-18(17)24-21(25)28-13-16-12-27-20(23-16)22-15-8-4-3-5-9-15/h3-12,14H,13H2,1-2H3,(H,22,23). The highest BCUT2D eigenvalue weighted by Crippen LogP contribution is 2.27. The lowest BCUT2D eigenvalue weighted by atomic mass is 10.2. The topological polar surface area (TPSA) is 59.8 Å². The monoisotopic (exact) mass is 408 g/mol. The molecule has 0 aliphatic rings. The molecule has 2 aromatic carbocycles. The summed E-state index contributed by atoms with van der Waals surface area (Å²) in [6.45, 7) is 4.01. The van der Waals surface area contributed by atoms with E-state index in [9.17, 15) is 4.79 Å². The van der Waals surface area contributed by atoms with E-state index in [0.717, 1.165) is 27.2 Å². The summed E-state index contributed by atoms with van der Waals surface area (Å²) in [4.78, 5) is 22.3. The minimum absolute atomic E-state index is 0.00723. The molecule has 7 heteroatoms. The summed E-state index contributed by atoms with van der Waals surface area (Å²) in [5, 5.41) is 7.59. The van der Waals surface area contributed by atoms with Crippen molar-refractivity contribution in [3.63, 3.8) is 0 Å². The van der Waals surface area contributed by atoms with E-state index in [1.54, 1.807) is 27.7 Å². The van der Waals surface area contributed by atoms with E-state index in [1.165, 1.54) is 0 Å². The molecule has 2 aromatic heterocycles. The number of fused-ring (bicyclic) bond motifs is 1. The normalized spacial score (nSPS) is 11.2. The number of nitrogens with one attached hydrogen (secondary N) is 1. The molecule has 4 aromatic rings. The average molecular weight is 409 g/mol. The molecule has 142 valence electrons. The van der Waals surface area contributed by atoms with Gasteiger partial charge in [0.1, 0.15) is 0 Å². The second-order valence-electron chi connectivity index (χ2n) is 6.60. The molecule has 0 unspecified atom stereocenters. The van der Waals surface area contributed by atoms with Crippen LogP contribution in [0, 0.1) is 0 Å². The average Bonchev–Trinajstić information content (AvgIpc) is 3.14. The quantitative estimate of drug-likeness (QED) is 0.339. The molecule has 0 saturated carbocycles. The zero-order valence-electron chi connectivity index (χ0n) is 15.6. The smallest absolute Gasteiger partial charge is 0.262 e. The predicted molar refractivity (Wildman–Crippen MR) is 118 cm³/mol. The van der Waals surface area contributed by atoms with Gasteiger partial charge < -0.3 is 5.32 Å². The number of thiazole rings is 1. The van der Waals surface area contributed by atoms with Crippen molar-refractivity contribution in [1.82, 2.24) is 14.5 Å². The first kappa shape index (κ1) is 18.7. The number of aromatic nitrogens is 3. The Balaban J connectivity index is 1.56. The highest BCUT2D eigenvalue weighted by atomic mass is 32.2. The number of benzene rings is 2. The van der Waals surface area contributed by atoms with Gasteiger partial charge in [-0.3, -0.25) is 9.36 Å². The summed E-state index contributed by atoms with van der Waals surface area (Å²) in [6.07, 6.45) is 0. The van der Waals surface area contributed by atoms with Gasteiger partial charge in [-0.25, -0.2) is 9.97 Å². The molecule has 0 saturated heterocycles. The first-order valence-corrected chi connectivity index (χ1v) is 10.9. The second-order valence-corrected chi connectivity index (χ2v) is 8.40. The van der Waals surface area contributed by atoms with Crippen molar-refractivity contribution in [3.8, 4) is 0 Å². The Bertz CT molecular complexity index is 1150. The van der Waals surface area contributed by atoms with Crippen LogP contribution in [0.15, 0.2) is 69.9 Å². The number of anilines is 2. The van der Waals surface area contributed by atoms with Crippen molar-refractivity contribution >= 4 is 44.8 Å². The van der Waals surface area contributed by atoms with Crippen LogP contribution in [0.2, 0.25) is 0 Å². The lowest BCUT2D eigenvalue weighted by Gasteiger charge is -2.15. The molecule has 0 spiro atoms. The van der Waals surface area contributed by atoms with E-state index in [0.29, 0.717) is 11.1 Å². The summed E-state index contributed by atoms with van der Waals surface area (Å²) in [5.41, 5.74) is 2.72. The molecule has 0 atom stereocenters. The Kier molecular flexibility index (Phi) is 5.45. The molecule has 0 aliphatic heterocycles. The lowest BCUT2D eigenvalue weighted by molar-refractivity contribution is 0.519. The van der Waals surface area contributed by atoms with E-state index in [2.05, 4.69) is 10.3 Å². The Morgan fingerprint density at radius 2 is 1.82 bits per heavy atom. The van der Waals surface area contributed by atoms with Crippen molar-refractivity contribution in [2.75, 3.05) is 5.32 Å². The molecule has 0 radical (unpaired) electrons. The van der Waals surface area contributed by atoms with Crippen LogP contribution in [0.4, 0.5) is 10.8 Å². The van der Waals surface area contributed by atoms with E-state index < -0.39 is 0 Å². The number of hydrogen-bond acceptors (Lipinski definition) is 6. The maximum absolute atomic E-state index is 12.9. The SMILES string of the molecule is CC(C)n1c(SCc2csc(Nc3ccccc3)n2)nc2ccccc2c1=O. The minimum Gasteiger partial charge on any atom is -0.332 e. The summed E-state index contributed by atoms with van der Waals surface area (Å²) in [7, 11) is 0. The van der Waals surface area contributed by atoms with Gasteiger partial charge in [-0.15, -0.1) is 11.3 Å². The summed E-state index contributed by atoms with van der Waals surface area (Å²) >= 11 is 3.12. The van der Waals surface area contributed by atoms with Gasteiger partial charge in [-0.1, -0.05) is 42.1 Å². The van der Waals surface area contributed by atoms with Crippen LogP contribution in [-0.4, -0.2) is 14.5 Å². The number of rotatable bonds is 6. The summed E-state index contributed by atoms with van der Waals surface area (Å²) < 4.78 is 1.77. The maximum Gasteiger partial charge on any atom is 0.262 e. The van der Waals surface area contributed by atoms with E-state index >= 15 is 0 Å². The molecule has 0 aliphatic carbocycles. The fraction of sp³-hybridized carbons (Fsp3) is 0.190. The lowest BCUT2D eigenvalue weighted by Crippen LogP contribution is -2.25. The van der Waals surface area contributed by atoms with E-state index in [4.69, 9.17) is 4.98 Å². The van der Waals surface area contributed by atoms with Gasteiger partial charge in [0.2, 0.25) is 0 Å². The molecular formula is C21H20N4OS2. The van der Waals surface area contributed by atoms with E-state index in [1.807, 2.05) is 73.8 Å². The molecule has 4 rings (SSSR count). The van der Waals surface area contributed by atoms with Crippen LogP contribution < -0.4 is 10.9 Å². The summed E-state index contributed by atoms with van der Waals surface area (Å²) in [6, 6.07) is 17.5. The molecule has 2 heterocycles. The van der Waals surface area contributed by atoms with Crippen LogP contribution in [0.1, 0.15) is 25.6 Å². The minimum atomic E-state index is 0.00723. The maximum atomic E-state index is 12.9. The third-order valence-electron chi connectivity index (χ3n) is 4.22. The first-order chi connectivity index (χ1) is 13.6. The van der Waals surface area contributed by atoms with Crippen molar-refractivity contribution in [2.24, 2.45) is 0 Å². The number of para-hydroxylation sites is 2. The highest BCUT2D eigenvalue weighted by Gasteiger charge is 2.14. The van der Waals surface area contributed by atoms with Crippen molar-refractivity contribution in [3.05, 3.63) is 76.0 Å². The van der Waals surface area contributed by atoms with Crippen LogP contribution in [0.25, 0.3) is 10.9 Å². The summed E-state index contributed by atoms with van der Waals surface area (Å²) in [5.74, 6) is 0.657. The number of hydrogen-bond donors (Lipinski definition) is 1. The van der Waals surface area contributed by atoms with Gasteiger partial charge in [0.15, 0.2) is 10.3 Å². The van der Waals surface area contributed by atoms with Gasteiger partial charge in [-0.2, -0.15) is 0 Å². The number of nitrogens with zero attached hydrogens (tertiary/aromatic N) is 3. The first-order valence-electron chi connectivity index (χ1n) is 9.02. The van der Waals surface area contributed by atoms with Crippen molar-refractivity contribution in [2.45, 2.75) is 30.8 Å². The fourth-order valence-corrected chi connectivity index (χ4v) is 4.75. The van der Waals surface area contributed by atoms with E-state index in [-0.39, 0.29) is 11.6 Å². The van der Waals surface area contributed by atoms with Crippen LogP contribution in [0.3, 0.4) is 0 Å². The highest BCUT2D eigenvalue weighted by molar-refractivity contribution is 7.98. The Morgan fingerprint density at radius 1 is 1.07 bits per heavy atom. The largest absolute Gasteiger partial charge is 0.332 e. The van der Waals surface area contributed by atoms with Crippen molar-refractivity contribution < 1.29 is 0 Å². The Hall–Kier alpha value is -2.64. The third kappa shape index (κ3) is 3.95. The van der Waals surface area contributed by atoms with Crippen LogP contribution in [0.5, 0.6) is 0 Å². The molecular weight excluding hydrogens is 388 g/mol. The van der Waals surface area contributed by atoms with Gasteiger partial charge in [-0.05, 0) is 38.1 Å². The van der Waals surface area contributed by atoms with Gasteiger partial charge in [0.05, 0.1) is 16.6 Å². The van der Waals surface area contributed by atoms with Crippen LogP contribution in [-0.2, 0) is 5.75 Å². The van der Waals surface area contributed by atoms with Gasteiger partial charge in [0, 0.05) is 22.9 Å². The fourth-order valence-electron chi connectivity index (χ4n) is 2.90. The van der Waals surface area contributed by atoms with Crippen LogP contribution >= 0.6 is 23.1 Å². The predicted octanol–water partition coefficient (Wildman–Crippen LogP) is 5.47. The Morgan fingerprint density at radius 3 is 2.61 bits per heavy atom. The molecule has 0 fully saturated rings. The zero-order valence-corrected chi connectivity index (χ0v) is 17.3. The molecule has 5 nitrogen and oxygen atoms in total.